The van der Waals surface area contributed by atoms with Crippen LogP contribution < -0.4 is 87.2 Å². The van der Waals surface area contributed by atoms with Gasteiger partial charge < -0.3 is 122 Å². The Labute approximate surface area is 538 Å². The molecular weight excluding hydrogens is 1240 g/mol. The van der Waals surface area contributed by atoms with Crippen LogP contribution >= 0.6 is 11.8 Å². The van der Waals surface area contributed by atoms with Crippen LogP contribution in [0, 0.1) is 0 Å². The van der Waals surface area contributed by atoms with Gasteiger partial charge in [0.05, 0.1) is 55.7 Å². The van der Waals surface area contributed by atoms with E-state index in [0.717, 1.165) is 32.5 Å². The Morgan fingerprint density at radius 3 is 1.34 bits per heavy atom. The molecule has 0 saturated carbocycles. The Morgan fingerprint density at radius 2 is 0.925 bits per heavy atom. The number of aldehydes is 2. The fourth-order valence-corrected chi connectivity index (χ4v) is 9.19. The number of guanidine groups is 2. The number of nitrogens with zero attached hydrogens (tertiary/aromatic N) is 2. The molecule has 0 heterocycles. The third-order valence-electron chi connectivity index (χ3n) is 13.3. The number of aromatic hydroxyl groups is 2. The maximum atomic E-state index is 14.6. The van der Waals surface area contributed by atoms with Crippen LogP contribution in [0.3, 0.4) is 0 Å². The number of likely N-dealkylation sites (N-methyl/N-ethyl adjacent to an activating group) is 1. The first-order valence-corrected chi connectivity index (χ1v) is 30.1. The molecule has 12 atom stereocenters. The van der Waals surface area contributed by atoms with Crippen molar-refractivity contribution in [3.05, 3.63) is 59.7 Å². The van der Waals surface area contributed by atoms with E-state index in [-0.39, 0.29) is 81.6 Å². The van der Waals surface area contributed by atoms with E-state index < -0.39 is 162 Å². The maximum absolute atomic E-state index is 14.6. The van der Waals surface area contributed by atoms with Gasteiger partial charge in [0.15, 0.2) is 11.9 Å². The number of aliphatic hydroxyl groups excluding tert-OH is 3. The van der Waals surface area contributed by atoms with Crippen molar-refractivity contribution in [2.75, 3.05) is 44.7 Å². The van der Waals surface area contributed by atoms with E-state index in [9.17, 15) is 87.9 Å². The van der Waals surface area contributed by atoms with Crippen molar-refractivity contribution in [1.82, 2.24) is 58.5 Å². The molecule has 0 aliphatic rings. The zero-order valence-electron chi connectivity index (χ0n) is 51.6. The van der Waals surface area contributed by atoms with Crippen LogP contribution in [0.4, 0.5) is 0 Å². The first-order valence-electron chi connectivity index (χ1n) is 29.0. The lowest BCUT2D eigenvalue weighted by Crippen LogP contribution is -2.64. The average molecular weight is 1330 g/mol. The molecule has 514 valence electrons. The summed E-state index contributed by atoms with van der Waals surface area (Å²) >= 11 is 0.752. The molecule has 0 spiro atoms. The summed E-state index contributed by atoms with van der Waals surface area (Å²) < 4.78 is 0. The van der Waals surface area contributed by atoms with Crippen LogP contribution in [0.25, 0.3) is 0 Å². The largest absolute Gasteiger partial charge is 0.508 e. The summed E-state index contributed by atoms with van der Waals surface area (Å²) in [6.07, 6.45) is -5.39. The Bertz CT molecular complexity index is 2910. The monoisotopic (exact) mass is 1330 g/mol. The van der Waals surface area contributed by atoms with E-state index >= 15 is 0 Å². The number of nitrogens with one attached hydrogen (secondary N) is 11. The molecule has 2 aromatic carbocycles. The molecule has 0 aliphatic carbocycles. The standard InChI is InChI=1S/C56H86N18O18S/c1-28(77)44(52(90)67-33(25-76)7-5-17-64-55(58)59)73-54(92)46(30(3)79)74-53(91)45(29(2)78)72-51(89)40(26-93-27-41(57)82)68-42(83)23-37(62-4)48(86)70-39(22-32-11-15-35(81)16-12-32)50(88)71-38(21-31-9-13-34(80)14-10-31)49(87)69-36(8-6-18-65-56(60)61)47(85)66-24-43(84)63-19-20-75/h9-16,20,25,28-30,33,36-40,44-46,62,77-81H,5-8,17-19,21-24,26-27H2,1-4H3,(H2,57,82)(H,63,84)(H,66,85)(H,67,90)(H,68,83)(H,69,87)(H,70,86)(H,71,88)(H,72,89)(H,73,92)(H,74,91)(H4,58,59,64)(H4,60,61,65)/t28-,29-,30-,33+,36+,37+,38?,39+,40-,44+,45+,46+/m1/s1. The van der Waals surface area contributed by atoms with Gasteiger partial charge in [0.25, 0.3) is 0 Å². The number of amides is 11. The lowest BCUT2D eigenvalue weighted by atomic mass is 10.0. The highest BCUT2D eigenvalue weighted by atomic mass is 32.2. The summed E-state index contributed by atoms with van der Waals surface area (Å²) in [6, 6.07) is -3.54. The van der Waals surface area contributed by atoms with Crippen molar-refractivity contribution in [3.63, 3.8) is 0 Å². The average Bonchev–Trinajstić information content (AvgIpc) is 0.992. The molecule has 93 heavy (non-hydrogen) atoms. The fourth-order valence-electron chi connectivity index (χ4n) is 8.40. The zero-order valence-corrected chi connectivity index (χ0v) is 52.4. The van der Waals surface area contributed by atoms with E-state index in [4.69, 9.17) is 28.7 Å². The molecule has 36 nitrogen and oxygen atoms in total. The highest BCUT2D eigenvalue weighted by Gasteiger charge is 2.38. The minimum Gasteiger partial charge on any atom is -0.508 e. The number of benzene rings is 2. The van der Waals surface area contributed by atoms with Gasteiger partial charge in [-0.05, 0) is 88.9 Å². The minimum absolute atomic E-state index is 0.0112. The number of aliphatic hydroxyl groups is 3. The Kier molecular flexibility index (Phi) is 35.5. The highest BCUT2D eigenvalue weighted by Crippen LogP contribution is 2.16. The van der Waals surface area contributed by atoms with Gasteiger partial charge in [-0.15, -0.1) is 11.8 Å². The maximum Gasteiger partial charge on any atom is 0.245 e. The van der Waals surface area contributed by atoms with Crippen molar-refractivity contribution in [3.8, 4) is 11.5 Å². The van der Waals surface area contributed by atoms with Crippen molar-refractivity contribution in [2.24, 2.45) is 38.7 Å². The number of primary amides is 1. The van der Waals surface area contributed by atoms with Gasteiger partial charge in [0.2, 0.25) is 65.0 Å². The Balaban J connectivity index is 2.46. The van der Waals surface area contributed by atoms with Gasteiger partial charge >= 0.3 is 0 Å². The second-order valence-corrected chi connectivity index (χ2v) is 22.1. The summed E-state index contributed by atoms with van der Waals surface area (Å²) in [7, 11) is 1.27. The van der Waals surface area contributed by atoms with Crippen molar-refractivity contribution in [1.29, 1.82) is 0 Å². The third kappa shape index (κ3) is 30.8. The van der Waals surface area contributed by atoms with Gasteiger partial charge in [0, 0.05) is 31.7 Å². The Hall–Kier alpha value is -9.72. The van der Waals surface area contributed by atoms with E-state index in [1.807, 2.05) is 0 Å². The van der Waals surface area contributed by atoms with E-state index in [0.29, 0.717) is 23.7 Å². The molecule has 26 N–H and O–H groups in total. The number of carbonyl (C=O) groups is 13. The molecule has 2 rings (SSSR count). The first kappa shape index (κ1) is 79.4. The number of thioether (sulfide) groups is 1. The summed E-state index contributed by atoms with van der Waals surface area (Å²) in [5, 5.41) is 78.3. The first-order chi connectivity index (χ1) is 43.9. The molecule has 0 saturated heterocycles. The van der Waals surface area contributed by atoms with Gasteiger partial charge in [-0.3, -0.25) is 62.7 Å². The normalized spacial score (nSPS) is 14.7. The molecule has 0 aliphatic heterocycles. The minimum atomic E-state index is -1.96. The van der Waals surface area contributed by atoms with Crippen molar-refractivity contribution >= 4 is 101 Å². The van der Waals surface area contributed by atoms with Crippen LogP contribution in [0.15, 0.2) is 58.5 Å². The smallest absolute Gasteiger partial charge is 0.245 e. The van der Waals surface area contributed by atoms with Crippen molar-refractivity contribution in [2.45, 2.75) is 138 Å². The predicted molar refractivity (Wildman–Crippen MR) is 336 cm³/mol. The molecule has 0 bridgehead atoms. The van der Waals surface area contributed by atoms with Crippen LogP contribution in [0.2, 0.25) is 0 Å². The number of carbonyl (C=O) groups excluding carboxylic acids is 13. The summed E-state index contributed by atoms with van der Waals surface area (Å²) in [5.41, 5.74) is 27.6. The van der Waals surface area contributed by atoms with Crippen LogP contribution in [-0.4, -0.2) is 232 Å². The SMILES string of the molecule is CN[C@@H](CC(=O)N[C@H](CSCC(N)=O)C(=O)N[C@H](C(=O)N[C@H](C(=O)N[C@H](C(=O)N[C@H](C=O)CCCN=C(N)N)[C@@H](C)O)[C@@H](C)O)[C@@H](C)O)C(=O)N[C@@H](Cc1ccc(O)cc1)C(=O)NC(Cc1ccc(O)cc1)C(=O)N[C@@H](CCCN=C(N)N)C(=O)NCC(=O)NCC=O. The quantitative estimate of drug-likeness (QED) is 0.0127. The van der Waals surface area contributed by atoms with Gasteiger partial charge in [-0.1, -0.05) is 24.3 Å². The van der Waals surface area contributed by atoms with Gasteiger partial charge in [0.1, 0.15) is 66.4 Å². The van der Waals surface area contributed by atoms with Gasteiger partial charge in [-0.25, -0.2) is 0 Å². The second kappa shape index (κ2) is 41.6. The topological polar surface area (TPSA) is 610 Å². The summed E-state index contributed by atoms with van der Waals surface area (Å²) in [4.78, 5) is 179. The summed E-state index contributed by atoms with van der Waals surface area (Å²) in [6.45, 7) is 2.44. The third-order valence-corrected chi connectivity index (χ3v) is 14.3. The van der Waals surface area contributed by atoms with Gasteiger partial charge in [-0.2, -0.15) is 0 Å². The van der Waals surface area contributed by atoms with Crippen molar-refractivity contribution < 1.29 is 87.9 Å². The molecule has 0 aromatic heterocycles. The van der Waals surface area contributed by atoms with Crippen LogP contribution in [0.1, 0.15) is 64.0 Å². The van der Waals surface area contributed by atoms with Crippen LogP contribution in [0.5, 0.6) is 11.5 Å². The van der Waals surface area contributed by atoms with E-state index in [2.05, 4.69) is 68.5 Å². The molecule has 0 radical (unpaired) electrons. The lowest BCUT2D eigenvalue weighted by Gasteiger charge is -2.29. The zero-order chi connectivity index (χ0) is 69.9. The number of rotatable bonds is 43. The molecule has 0 fully saturated rings. The number of hydrogen-bond donors (Lipinski definition) is 21. The lowest BCUT2D eigenvalue weighted by molar-refractivity contribution is -0.138. The fraction of sp³-hybridized carbons (Fsp3) is 0.518. The highest BCUT2D eigenvalue weighted by molar-refractivity contribution is 8.00. The number of hydrogen-bond acceptors (Lipinski definition) is 22. The number of nitrogens with two attached hydrogens (primary N) is 5. The number of phenolic OH excluding ortho intramolecular Hbond substituents is 2. The number of aliphatic imine (C=N–C) groups is 2. The molecule has 1 unspecified atom stereocenters. The van der Waals surface area contributed by atoms with E-state index in [1.54, 1.807) is 0 Å². The van der Waals surface area contributed by atoms with Crippen LogP contribution in [-0.2, 0) is 75.2 Å². The summed E-state index contributed by atoms with van der Waals surface area (Å²) in [5.74, 6) is -12.7. The number of phenols is 2. The second-order valence-electron chi connectivity index (χ2n) is 21.1. The molecule has 11 amide bonds. The van der Waals surface area contributed by atoms with E-state index in [1.165, 1.54) is 55.6 Å². The molecule has 37 heteroatoms. The Morgan fingerprint density at radius 1 is 0.505 bits per heavy atom. The molecular formula is C56H86N18O18S. The molecule has 2 aromatic rings. The predicted octanol–water partition coefficient (Wildman–Crippen LogP) is -9.16.